The summed E-state index contributed by atoms with van der Waals surface area (Å²) in [4.78, 5) is 19.1. The summed E-state index contributed by atoms with van der Waals surface area (Å²) in [6.45, 7) is 1.86. The summed E-state index contributed by atoms with van der Waals surface area (Å²) in [7, 11) is 0. The molecular weight excluding hydrogens is 230 g/mol. The fourth-order valence-electron chi connectivity index (χ4n) is 1.79. The average molecular weight is 245 g/mol. The molecule has 1 aromatic heterocycles. The first-order chi connectivity index (χ1) is 8.56. The number of nitrogens with one attached hydrogen (secondary N) is 1. The number of nitrogens with two attached hydrogens (primary N) is 2. The number of fused-ring (bicyclic) bond motifs is 1. The van der Waals surface area contributed by atoms with Crippen LogP contribution < -0.4 is 16.8 Å². The van der Waals surface area contributed by atoms with E-state index in [1.807, 2.05) is 31.2 Å². The minimum absolute atomic E-state index is 0.111. The van der Waals surface area contributed by atoms with Crippen molar-refractivity contribution in [3.05, 3.63) is 24.3 Å². The lowest BCUT2D eigenvalue weighted by Crippen LogP contribution is -2.24. The van der Waals surface area contributed by atoms with Gasteiger partial charge in [0.2, 0.25) is 11.9 Å². The van der Waals surface area contributed by atoms with Crippen LogP contribution in [0.2, 0.25) is 0 Å². The minimum atomic E-state index is -0.360. The molecule has 0 aliphatic heterocycles. The molecule has 0 bridgehead atoms. The molecule has 18 heavy (non-hydrogen) atoms. The molecule has 0 spiro atoms. The summed E-state index contributed by atoms with van der Waals surface area (Å²) in [6, 6.07) is 7.42. The van der Waals surface area contributed by atoms with E-state index in [-0.39, 0.29) is 24.3 Å². The number of nitrogens with zero attached hydrogens (tertiary/aromatic N) is 2. The van der Waals surface area contributed by atoms with Gasteiger partial charge in [0.05, 0.1) is 5.52 Å². The smallest absolute Gasteiger partial charge is 0.222 e. The van der Waals surface area contributed by atoms with E-state index in [1.165, 1.54) is 0 Å². The standard InChI is InChI=1S/C12H15N5O/c1-7(6-10(13)18)15-11-8-4-2-3-5-9(8)16-12(14)17-11/h2-5,7H,6H2,1H3,(H2,13,18)(H3,14,15,16,17). The van der Waals surface area contributed by atoms with E-state index >= 15 is 0 Å². The third-order valence-corrected chi connectivity index (χ3v) is 2.51. The van der Waals surface area contributed by atoms with Crippen LogP contribution in [0, 0.1) is 0 Å². The highest BCUT2D eigenvalue weighted by atomic mass is 16.1. The first-order valence-corrected chi connectivity index (χ1v) is 5.63. The van der Waals surface area contributed by atoms with Crippen molar-refractivity contribution in [3.8, 4) is 0 Å². The summed E-state index contributed by atoms with van der Waals surface area (Å²) in [6.07, 6.45) is 0.234. The Labute approximate surface area is 104 Å². The van der Waals surface area contributed by atoms with Gasteiger partial charge < -0.3 is 16.8 Å². The highest BCUT2D eigenvalue weighted by Gasteiger charge is 2.10. The van der Waals surface area contributed by atoms with Crippen molar-refractivity contribution in [1.82, 2.24) is 9.97 Å². The molecule has 0 saturated carbocycles. The first kappa shape index (κ1) is 12.1. The van der Waals surface area contributed by atoms with Gasteiger partial charge in [-0.3, -0.25) is 4.79 Å². The number of primary amides is 1. The van der Waals surface area contributed by atoms with Crippen molar-refractivity contribution in [2.24, 2.45) is 5.73 Å². The third kappa shape index (κ3) is 2.65. The molecule has 6 nitrogen and oxygen atoms in total. The van der Waals surface area contributed by atoms with Crippen LogP contribution >= 0.6 is 0 Å². The fraction of sp³-hybridized carbons (Fsp3) is 0.250. The van der Waals surface area contributed by atoms with Gasteiger partial charge >= 0.3 is 0 Å². The van der Waals surface area contributed by atoms with Crippen LogP contribution in [0.15, 0.2) is 24.3 Å². The van der Waals surface area contributed by atoms with E-state index in [2.05, 4.69) is 15.3 Å². The molecule has 6 heteroatoms. The maximum atomic E-state index is 10.9. The van der Waals surface area contributed by atoms with Crippen molar-refractivity contribution in [2.45, 2.75) is 19.4 Å². The van der Waals surface area contributed by atoms with E-state index < -0.39 is 0 Å². The molecule has 2 aromatic rings. The van der Waals surface area contributed by atoms with Gasteiger partial charge in [-0.15, -0.1) is 0 Å². The molecular formula is C12H15N5O. The number of carbonyl (C=O) groups excluding carboxylic acids is 1. The number of rotatable bonds is 4. The minimum Gasteiger partial charge on any atom is -0.370 e. The molecule has 5 N–H and O–H groups in total. The Kier molecular flexibility index (Phi) is 3.27. The molecule has 0 radical (unpaired) electrons. The monoisotopic (exact) mass is 245 g/mol. The van der Waals surface area contributed by atoms with Crippen LogP contribution in [0.25, 0.3) is 10.9 Å². The van der Waals surface area contributed by atoms with Crippen LogP contribution in [0.5, 0.6) is 0 Å². The Bertz CT molecular complexity index is 584. The molecule has 0 fully saturated rings. The van der Waals surface area contributed by atoms with Crippen LogP contribution in [-0.4, -0.2) is 21.9 Å². The zero-order valence-corrected chi connectivity index (χ0v) is 10.1. The highest BCUT2D eigenvalue weighted by molar-refractivity contribution is 5.90. The first-order valence-electron chi connectivity index (χ1n) is 5.63. The highest BCUT2D eigenvalue weighted by Crippen LogP contribution is 2.21. The number of anilines is 2. The number of aromatic nitrogens is 2. The fourth-order valence-corrected chi connectivity index (χ4v) is 1.79. The van der Waals surface area contributed by atoms with E-state index in [1.54, 1.807) is 0 Å². The molecule has 0 saturated heterocycles. The zero-order chi connectivity index (χ0) is 13.1. The van der Waals surface area contributed by atoms with Crippen LogP contribution in [0.1, 0.15) is 13.3 Å². The predicted molar refractivity (Wildman–Crippen MR) is 70.8 cm³/mol. The maximum Gasteiger partial charge on any atom is 0.222 e. The molecule has 0 aliphatic carbocycles. The van der Waals surface area contributed by atoms with Gasteiger partial charge in [-0.2, -0.15) is 4.98 Å². The summed E-state index contributed by atoms with van der Waals surface area (Å²) >= 11 is 0. The Morgan fingerprint density at radius 2 is 2.11 bits per heavy atom. The Hall–Kier alpha value is -2.37. The largest absolute Gasteiger partial charge is 0.370 e. The Balaban J connectivity index is 2.35. The van der Waals surface area contributed by atoms with E-state index in [0.717, 1.165) is 10.9 Å². The van der Waals surface area contributed by atoms with Crippen LogP contribution in [0.4, 0.5) is 11.8 Å². The molecule has 0 aliphatic rings. The Morgan fingerprint density at radius 3 is 2.83 bits per heavy atom. The van der Waals surface area contributed by atoms with E-state index in [0.29, 0.717) is 5.82 Å². The quantitative estimate of drug-likeness (QED) is 0.741. The van der Waals surface area contributed by atoms with Gasteiger partial charge in [0.1, 0.15) is 5.82 Å². The number of carbonyl (C=O) groups is 1. The summed E-state index contributed by atoms with van der Waals surface area (Å²) in [5.74, 6) is 0.454. The molecule has 1 unspecified atom stereocenters. The lowest BCUT2D eigenvalue weighted by atomic mass is 10.2. The van der Waals surface area contributed by atoms with Gasteiger partial charge in [-0.05, 0) is 19.1 Å². The number of benzene rings is 1. The predicted octanol–water partition coefficient (Wildman–Crippen LogP) is 0.888. The second kappa shape index (κ2) is 4.87. The van der Waals surface area contributed by atoms with Crippen LogP contribution in [0.3, 0.4) is 0 Å². The molecule has 1 atom stereocenters. The second-order valence-corrected chi connectivity index (χ2v) is 4.16. The third-order valence-electron chi connectivity index (χ3n) is 2.51. The number of nitrogen functional groups attached to an aromatic ring is 1. The van der Waals surface area contributed by atoms with Gasteiger partial charge in [-0.1, -0.05) is 12.1 Å². The van der Waals surface area contributed by atoms with Gasteiger partial charge in [0, 0.05) is 17.8 Å². The van der Waals surface area contributed by atoms with Gasteiger partial charge in [0.15, 0.2) is 0 Å². The maximum absolute atomic E-state index is 10.9. The average Bonchev–Trinajstić information content (AvgIpc) is 2.27. The number of hydrogen-bond donors (Lipinski definition) is 3. The summed E-state index contributed by atoms with van der Waals surface area (Å²) < 4.78 is 0. The van der Waals surface area contributed by atoms with Crippen molar-refractivity contribution in [2.75, 3.05) is 11.1 Å². The summed E-state index contributed by atoms with van der Waals surface area (Å²) in [5.41, 5.74) is 11.6. The molecule has 94 valence electrons. The lowest BCUT2D eigenvalue weighted by molar-refractivity contribution is -0.118. The van der Waals surface area contributed by atoms with E-state index in [9.17, 15) is 4.79 Å². The number of hydrogen-bond acceptors (Lipinski definition) is 5. The zero-order valence-electron chi connectivity index (χ0n) is 10.1. The van der Waals surface area contributed by atoms with Crippen LogP contribution in [-0.2, 0) is 4.79 Å². The van der Waals surface area contributed by atoms with Crippen molar-refractivity contribution < 1.29 is 4.79 Å². The lowest BCUT2D eigenvalue weighted by Gasteiger charge is -2.14. The normalized spacial score (nSPS) is 12.3. The molecule has 1 amide bonds. The summed E-state index contributed by atoms with van der Waals surface area (Å²) in [5, 5.41) is 3.99. The topological polar surface area (TPSA) is 107 Å². The molecule has 1 heterocycles. The second-order valence-electron chi connectivity index (χ2n) is 4.16. The van der Waals surface area contributed by atoms with Crippen molar-refractivity contribution in [3.63, 3.8) is 0 Å². The Morgan fingerprint density at radius 1 is 1.39 bits per heavy atom. The van der Waals surface area contributed by atoms with E-state index in [4.69, 9.17) is 11.5 Å². The van der Waals surface area contributed by atoms with Gasteiger partial charge in [-0.25, -0.2) is 4.98 Å². The molecule has 1 aromatic carbocycles. The van der Waals surface area contributed by atoms with Gasteiger partial charge in [0.25, 0.3) is 0 Å². The van der Waals surface area contributed by atoms with Crippen molar-refractivity contribution in [1.29, 1.82) is 0 Å². The van der Waals surface area contributed by atoms with Crippen molar-refractivity contribution >= 4 is 28.6 Å². The molecule has 2 rings (SSSR count). The number of amides is 1. The SMILES string of the molecule is CC(CC(N)=O)Nc1nc(N)nc2ccccc12. The number of para-hydroxylation sites is 1.